The first-order valence-electron chi connectivity index (χ1n) is 12.3. The number of nitrogens with one attached hydrogen (secondary N) is 2. The average Bonchev–Trinajstić information content (AvgIpc) is 2.99. The van der Waals surface area contributed by atoms with Crippen LogP contribution in [0.5, 0.6) is 0 Å². The number of hydrogen-bond acceptors (Lipinski definition) is 9. The summed E-state index contributed by atoms with van der Waals surface area (Å²) in [5.74, 6) is 0. The predicted molar refractivity (Wildman–Crippen MR) is 176 cm³/mol. The zero-order valence-corrected chi connectivity index (χ0v) is 31.5. The quantitative estimate of drug-likeness (QED) is 0.0956. The van der Waals surface area contributed by atoms with Crippen molar-refractivity contribution >= 4 is 117 Å². The first-order chi connectivity index (χ1) is 20.1. The molecule has 0 aromatic heterocycles. The van der Waals surface area contributed by atoms with Gasteiger partial charge in [-0.2, -0.15) is 16.8 Å². The van der Waals surface area contributed by atoms with Crippen LogP contribution in [0.4, 0.5) is 22.7 Å². The van der Waals surface area contributed by atoms with E-state index in [0.29, 0.717) is 16.7 Å². The zero-order valence-electron chi connectivity index (χ0n) is 22.7. The Bertz CT molecular complexity index is 1640. The number of nitro benzene ring substituents is 1. The molecule has 0 atom stereocenters. The molecule has 0 bridgehead atoms. The number of benzene rings is 4. The molecule has 4 rings (SSSR count). The Morgan fingerprint density at radius 3 is 1.50 bits per heavy atom. The Morgan fingerprint density at radius 2 is 1.07 bits per heavy atom. The van der Waals surface area contributed by atoms with Crippen LogP contribution in [0.25, 0.3) is 0 Å². The van der Waals surface area contributed by atoms with E-state index in [9.17, 15) is 10.1 Å². The van der Waals surface area contributed by atoms with Crippen LogP contribution >= 0.6 is 31.9 Å². The fraction of sp³-hybridized carbons (Fsp3) is 0.0769. The molecule has 0 unspecified atom stereocenters. The third-order valence-electron chi connectivity index (χ3n) is 4.98. The van der Waals surface area contributed by atoms with Gasteiger partial charge in [-0.3, -0.25) is 10.1 Å². The van der Waals surface area contributed by atoms with Crippen molar-refractivity contribution in [2.45, 2.75) is 13.1 Å². The van der Waals surface area contributed by atoms with E-state index in [1.54, 1.807) is 18.2 Å². The first-order valence-corrected chi connectivity index (χ1v) is 24.6. The summed E-state index contributed by atoms with van der Waals surface area (Å²) in [5, 5.41) is 17.4. The molecule has 10 nitrogen and oxygen atoms in total. The fourth-order valence-corrected chi connectivity index (χ4v) is 4.00. The summed E-state index contributed by atoms with van der Waals surface area (Å²) in [6.07, 6.45) is 0. The second-order valence-electron chi connectivity index (χ2n) is 7.68. The molecule has 0 aliphatic carbocycles. The van der Waals surface area contributed by atoms with Gasteiger partial charge < -0.3 is 16.4 Å². The number of nitrogen functional groups attached to an aromatic ring is 1. The Hall–Kier alpha value is -1.72. The third kappa shape index (κ3) is 14.6. The van der Waals surface area contributed by atoms with Gasteiger partial charge in [-0.25, -0.2) is 0 Å². The van der Waals surface area contributed by atoms with Crippen molar-refractivity contribution in [3.8, 4) is 0 Å². The van der Waals surface area contributed by atoms with Crippen molar-refractivity contribution in [3.05, 3.63) is 127 Å². The van der Waals surface area contributed by atoms with E-state index in [1.165, 1.54) is 49.2 Å². The number of hydrogen-bond donors (Lipinski definition) is 3. The van der Waals surface area contributed by atoms with Crippen molar-refractivity contribution in [2.24, 2.45) is 0 Å². The molecular formula is C26H24Br2N4Na2O6S2. The number of nitro groups is 1. The van der Waals surface area contributed by atoms with Gasteiger partial charge in [-0.05, 0) is 67.3 Å². The van der Waals surface area contributed by atoms with Gasteiger partial charge in [-0.15, -0.1) is 0 Å². The van der Waals surface area contributed by atoms with Crippen LogP contribution in [0, 0.1) is 10.1 Å². The molecule has 0 fully saturated rings. The zero-order chi connectivity index (χ0) is 31.5. The van der Waals surface area contributed by atoms with Crippen LogP contribution < -0.4 is 16.4 Å². The van der Waals surface area contributed by atoms with E-state index in [0.717, 1.165) is 28.0 Å². The minimum absolute atomic E-state index is 0.0634. The maximum absolute atomic E-state index is 11.0. The number of rotatable bonds is 7. The third-order valence-corrected chi connectivity index (χ3v) is 7.21. The SMILES string of the molecule is Nc1c(Br)cccc1NCc1ccccc1.O=S(=O)=S(=O)=O.O=[N+]([O-])c1c(Br)cccc1NCc1ccccc1.[Na][Na]. The predicted octanol–water partition coefficient (Wildman–Crippen LogP) is 5.51. The van der Waals surface area contributed by atoms with Crippen molar-refractivity contribution < 1.29 is 21.8 Å². The number of halogens is 2. The summed E-state index contributed by atoms with van der Waals surface area (Å²) in [5.41, 5.74) is 10.5. The molecule has 0 saturated carbocycles. The van der Waals surface area contributed by atoms with Gasteiger partial charge >= 0.3 is 67.8 Å². The van der Waals surface area contributed by atoms with Gasteiger partial charge in [0.05, 0.1) is 20.8 Å². The molecule has 4 aromatic rings. The van der Waals surface area contributed by atoms with E-state index < -0.39 is 23.5 Å². The van der Waals surface area contributed by atoms with E-state index in [1.807, 2.05) is 66.7 Å². The molecule has 0 aliphatic rings. The van der Waals surface area contributed by atoms with Crippen molar-refractivity contribution in [3.63, 3.8) is 0 Å². The summed E-state index contributed by atoms with van der Waals surface area (Å²) in [4.78, 5) is 10.6. The molecule has 0 spiro atoms. The molecular weight excluding hydrogens is 734 g/mol. The summed E-state index contributed by atoms with van der Waals surface area (Å²) in [6.45, 7) is 1.33. The Balaban J connectivity index is 0.000000338. The van der Waals surface area contributed by atoms with Gasteiger partial charge in [0.1, 0.15) is 5.69 Å². The van der Waals surface area contributed by atoms with Crippen molar-refractivity contribution in [2.75, 3.05) is 16.4 Å². The van der Waals surface area contributed by atoms with E-state index >= 15 is 0 Å². The molecule has 0 saturated heterocycles. The fourth-order valence-electron chi connectivity index (χ4n) is 3.12. The van der Waals surface area contributed by atoms with Crippen molar-refractivity contribution in [1.82, 2.24) is 0 Å². The normalized spacial score (nSPS) is 9.38. The Labute approximate surface area is 291 Å². The van der Waals surface area contributed by atoms with Crippen LogP contribution in [0.2, 0.25) is 0 Å². The Kier molecular flexibility index (Phi) is 20.0. The molecule has 0 radical (unpaired) electrons. The maximum atomic E-state index is 11.0. The van der Waals surface area contributed by atoms with Crippen LogP contribution in [0.15, 0.2) is 106 Å². The summed E-state index contributed by atoms with van der Waals surface area (Å²) < 4.78 is 37.7. The second-order valence-corrected chi connectivity index (χ2v) is 11.8. The van der Waals surface area contributed by atoms with Crippen molar-refractivity contribution in [1.29, 1.82) is 0 Å². The topological polar surface area (TPSA) is 161 Å². The molecule has 4 aromatic carbocycles. The van der Waals surface area contributed by atoms with Crippen LogP contribution in [-0.4, -0.2) is 65.4 Å². The number of para-hydroxylation sites is 2. The number of nitrogens with zero attached hydrogens (tertiary/aromatic N) is 1. The van der Waals surface area contributed by atoms with Crippen LogP contribution in [0.1, 0.15) is 11.1 Å². The van der Waals surface area contributed by atoms with Gasteiger partial charge in [0.15, 0.2) is 0 Å². The molecule has 16 heteroatoms. The van der Waals surface area contributed by atoms with Gasteiger partial charge in [0.2, 0.25) is 0 Å². The Morgan fingerprint density at radius 1 is 0.667 bits per heavy atom. The van der Waals surface area contributed by atoms with Gasteiger partial charge in [0, 0.05) is 17.6 Å². The molecule has 0 amide bonds. The minimum atomic E-state index is -2.95. The molecule has 4 N–H and O–H groups in total. The van der Waals surface area contributed by atoms with Crippen LogP contribution in [0.3, 0.4) is 0 Å². The van der Waals surface area contributed by atoms with E-state index in [4.69, 9.17) is 22.6 Å². The molecule has 42 heavy (non-hydrogen) atoms. The molecule has 0 aliphatic heterocycles. The standard InChI is InChI=1S/C13H11BrN2O2.C13H13BrN2.2Na.O4S2/c14-11-7-4-8-12(13(11)16(17)18)15-9-10-5-2-1-3-6-10;14-11-7-4-8-12(13(11)15)16-9-10-5-2-1-3-6-10;;;1-5(2)6(3)4/h1-8,15H,9H2;1-8,16H,9,15H2;;;. The molecule has 212 valence electrons. The first kappa shape index (κ1) is 38.3. The summed E-state index contributed by atoms with van der Waals surface area (Å²) in [6, 6.07) is 31.0. The van der Waals surface area contributed by atoms with Crippen LogP contribution in [-0.2, 0) is 31.6 Å². The number of anilines is 3. The monoisotopic (exact) mass is 756 g/mol. The van der Waals surface area contributed by atoms with Gasteiger partial charge in [-0.1, -0.05) is 72.8 Å². The summed E-state index contributed by atoms with van der Waals surface area (Å²) in [7, 11) is -5.90. The van der Waals surface area contributed by atoms with E-state index in [-0.39, 0.29) is 5.69 Å². The average molecular weight is 758 g/mol. The van der Waals surface area contributed by atoms with Gasteiger partial charge in [0.25, 0.3) is 0 Å². The number of nitrogens with two attached hydrogens (primary N) is 1. The molecule has 0 heterocycles. The summed E-state index contributed by atoms with van der Waals surface area (Å²) >= 11 is 9.49. The second kappa shape index (κ2) is 21.9. The van der Waals surface area contributed by atoms with E-state index in [2.05, 4.69) is 54.6 Å².